The molecule has 0 N–H and O–H groups in total. The maximum absolute atomic E-state index is 12.3. The minimum atomic E-state index is -0.570. The summed E-state index contributed by atoms with van der Waals surface area (Å²) in [7, 11) is 3.27. The van der Waals surface area contributed by atoms with Crippen LogP contribution in [0.3, 0.4) is 0 Å². The topological polar surface area (TPSA) is 57.2 Å². The number of para-hydroxylation sites is 2. The van der Waals surface area contributed by atoms with Gasteiger partial charge in [0.25, 0.3) is 5.91 Å². The van der Waals surface area contributed by atoms with E-state index in [-0.39, 0.29) is 12.5 Å². The van der Waals surface area contributed by atoms with E-state index < -0.39 is 5.79 Å². The molecule has 1 fully saturated rings. The number of ether oxygens (including phenoxy) is 4. The Balaban J connectivity index is 1.87. The van der Waals surface area contributed by atoms with Crippen molar-refractivity contribution in [3.05, 3.63) is 24.3 Å². The number of carbonyl (C=O) groups is 1. The predicted molar refractivity (Wildman–Crippen MR) is 85.7 cm³/mol. The number of amides is 1. The average molecular weight is 323 g/mol. The SMILES string of the molecule is CCOc1ccccc1OCC(=O)N1CCC(OC)(OC)CC1. The molecule has 1 aromatic rings. The molecule has 0 unspecified atom stereocenters. The summed E-state index contributed by atoms with van der Waals surface area (Å²) in [5.74, 6) is 0.623. The second-order valence-corrected chi connectivity index (χ2v) is 5.37. The molecule has 1 amide bonds. The van der Waals surface area contributed by atoms with Gasteiger partial charge in [0.1, 0.15) is 0 Å². The van der Waals surface area contributed by atoms with Gasteiger partial charge in [0.05, 0.1) is 6.61 Å². The first kappa shape index (κ1) is 17.6. The molecular weight excluding hydrogens is 298 g/mol. The van der Waals surface area contributed by atoms with Crippen LogP contribution in [0.15, 0.2) is 24.3 Å². The van der Waals surface area contributed by atoms with Gasteiger partial charge < -0.3 is 23.8 Å². The fourth-order valence-electron chi connectivity index (χ4n) is 2.66. The van der Waals surface area contributed by atoms with Gasteiger partial charge in [-0.05, 0) is 19.1 Å². The van der Waals surface area contributed by atoms with Crippen LogP contribution in [0.5, 0.6) is 11.5 Å². The van der Waals surface area contributed by atoms with Crippen LogP contribution in [0.4, 0.5) is 0 Å². The van der Waals surface area contributed by atoms with E-state index in [0.717, 1.165) is 0 Å². The zero-order valence-electron chi connectivity index (χ0n) is 14.0. The Morgan fingerprint density at radius 2 is 1.65 bits per heavy atom. The van der Waals surface area contributed by atoms with E-state index in [4.69, 9.17) is 18.9 Å². The minimum absolute atomic E-state index is 0.00292. The van der Waals surface area contributed by atoms with Crippen LogP contribution in [0.1, 0.15) is 19.8 Å². The molecule has 23 heavy (non-hydrogen) atoms. The number of methoxy groups -OCH3 is 2. The number of piperidine rings is 1. The van der Waals surface area contributed by atoms with Gasteiger partial charge in [-0.25, -0.2) is 0 Å². The molecule has 128 valence electrons. The third-order valence-electron chi connectivity index (χ3n) is 4.12. The van der Waals surface area contributed by atoms with E-state index in [0.29, 0.717) is 44.0 Å². The molecular formula is C17H25NO5. The number of carbonyl (C=O) groups excluding carboxylic acids is 1. The third kappa shape index (κ3) is 4.36. The lowest BCUT2D eigenvalue weighted by Gasteiger charge is -2.39. The monoisotopic (exact) mass is 323 g/mol. The first-order chi connectivity index (χ1) is 11.1. The van der Waals surface area contributed by atoms with Crippen molar-refractivity contribution >= 4 is 5.91 Å². The molecule has 0 bridgehead atoms. The van der Waals surface area contributed by atoms with Crippen LogP contribution in [0.25, 0.3) is 0 Å². The zero-order chi connectivity index (χ0) is 16.7. The number of nitrogens with zero attached hydrogens (tertiary/aromatic N) is 1. The standard InChI is InChI=1S/C17H25NO5/c1-4-22-14-7-5-6-8-15(14)23-13-16(19)18-11-9-17(20-2,21-3)10-12-18/h5-8H,4,9-13H2,1-3H3. The number of benzene rings is 1. The van der Waals surface area contributed by atoms with Crippen LogP contribution >= 0.6 is 0 Å². The summed E-state index contributed by atoms with van der Waals surface area (Å²) < 4.78 is 22.0. The number of rotatable bonds is 7. The molecule has 2 rings (SSSR count). The normalized spacial score (nSPS) is 16.9. The van der Waals surface area contributed by atoms with Gasteiger partial charge >= 0.3 is 0 Å². The highest BCUT2D eigenvalue weighted by atomic mass is 16.7. The smallest absolute Gasteiger partial charge is 0.260 e. The Bertz CT molecular complexity index is 505. The molecule has 0 saturated carbocycles. The number of hydrogen-bond donors (Lipinski definition) is 0. The van der Waals surface area contributed by atoms with Crippen molar-refractivity contribution in [3.8, 4) is 11.5 Å². The molecule has 1 heterocycles. The van der Waals surface area contributed by atoms with Crippen molar-refractivity contribution in [1.29, 1.82) is 0 Å². The molecule has 0 aliphatic carbocycles. The van der Waals surface area contributed by atoms with Gasteiger partial charge in [-0.2, -0.15) is 0 Å². The second kappa shape index (κ2) is 8.17. The quantitative estimate of drug-likeness (QED) is 0.719. The van der Waals surface area contributed by atoms with Gasteiger partial charge in [-0.15, -0.1) is 0 Å². The van der Waals surface area contributed by atoms with Crippen molar-refractivity contribution in [2.45, 2.75) is 25.6 Å². The van der Waals surface area contributed by atoms with E-state index >= 15 is 0 Å². The number of hydrogen-bond acceptors (Lipinski definition) is 5. The Morgan fingerprint density at radius 3 is 2.17 bits per heavy atom. The summed E-state index contributed by atoms with van der Waals surface area (Å²) in [5.41, 5.74) is 0. The maximum atomic E-state index is 12.3. The Morgan fingerprint density at radius 1 is 1.09 bits per heavy atom. The highest BCUT2D eigenvalue weighted by Gasteiger charge is 2.35. The third-order valence-corrected chi connectivity index (χ3v) is 4.12. The lowest BCUT2D eigenvalue weighted by atomic mass is 10.0. The zero-order valence-corrected chi connectivity index (χ0v) is 14.0. The Hall–Kier alpha value is -1.79. The first-order valence-electron chi connectivity index (χ1n) is 7.87. The van der Waals surface area contributed by atoms with Crippen LogP contribution in [0, 0.1) is 0 Å². The average Bonchev–Trinajstić information content (AvgIpc) is 2.61. The van der Waals surface area contributed by atoms with Crippen molar-refractivity contribution in [1.82, 2.24) is 4.90 Å². The molecule has 6 nitrogen and oxygen atoms in total. The lowest BCUT2D eigenvalue weighted by Crippen LogP contribution is -2.49. The Kier molecular flexibility index (Phi) is 6.24. The fraction of sp³-hybridized carbons (Fsp3) is 0.588. The molecule has 1 aliphatic rings. The van der Waals surface area contributed by atoms with Crippen molar-refractivity contribution in [3.63, 3.8) is 0 Å². The van der Waals surface area contributed by atoms with Crippen molar-refractivity contribution in [2.24, 2.45) is 0 Å². The van der Waals surface area contributed by atoms with Gasteiger partial charge in [0.15, 0.2) is 23.9 Å². The highest BCUT2D eigenvalue weighted by molar-refractivity contribution is 5.78. The molecule has 0 aromatic heterocycles. The largest absolute Gasteiger partial charge is 0.490 e. The van der Waals surface area contributed by atoms with Gasteiger partial charge in [-0.1, -0.05) is 12.1 Å². The highest BCUT2D eigenvalue weighted by Crippen LogP contribution is 2.28. The molecule has 6 heteroatoms. The van der Waals surface area contributed by atoms with Gasteiger partial charge in [-0.3, -0.25) is 4.79 Å². The summed E-state index contributed by atoms with van der Waals surface area (Å²) in [6.45, 7) is 3.65. The van der Waals surface area contributed by atoms with Crippen LogP contribution in [-0.4, -0.2) is 57.1 Å². The van der Waals surface area contributed by atoms with E-state index in [1.165, 1.54) is 0 Å². The van der Waals surface area contributed by atoms with E-state index in [1.54, 1.807) is 25.2 Å². The summed E-state index contributed by atoms with van der Waals surface area (Å²) in [4.78, 5) is 14.1. The number of likely N-dealkylation sites (tertiary alicyclic amines) is 1. The summed E-state index contributed by atoms with van der Waals surface area (Å²) in [6, 6.07) is 7.36. The lowest BCUT2D eigenvalue weighted by molar-refractivity contribution is -0.228. The Labute approximate surface area is 137 Å². The fourth-order valence-corrected chi connectivity index (χ4v) is 2.66. The van der Waals surface area contributed by atoms with Crippen molar-refractivity contribution < 1.29 is 23.7 Å². The predicted octanol–water partition coefficient (Wildman–Crippen LogP) is 2.08. The molecule has 0 spiro atoms. The van der Waals surface area contributed by atoms with Crippen LogP contribution < -0.4 is 9.47 Å². The molecule has 0 radical (unpaired) electrons. The van der Waals surface area contributed by atoms with Gasteiger partial charge in [0.2, 0.25) is 0 Å². The maximum Gasteiger partial charge on any atom is 0.260 e. The van der Waals surface area contributed by atoms with E-state index in [2.05, 4.69) is 0 Å². The molecule has 0 atom stereocenters. The van der Waals surface area contributed by atoms with Crippen LogP contribution in [0.2, 0.25) is 0 Å². The van der Waals surface area contributed by atoms with E-state index in [1.807, 2.05) is 25.1 Å². The van der Waals surface area contributed by atoms with Crippen molar-refractivity contribution in [2.75, 3.05) is 40.5 Å². The van der Waals surface area contributed by atoms with Crippen LogP contribution in [-0.2, 0) is 14.3 Å². The summed E-state index contributed by atoms with van der Waals surface area (Å²) in [6.07, 6.45) is 1.31. The van der Waals surface area contributed by atoms with Gasteiger partial charge in [0, 0.05) is 40.2 Å². The first-order valence-corrected chi connectivity index (χ1v) is 7.87. The molecule has 1 aromatic carbocycles. The molecule has 1 saturated heterocycles. The summed E-state index contributed by atoms with van der Waals surface area (Å²) in [5, 5.41) is 0. The summed E-state index contributed by atoms with van der Waals surface area (Å²) >= 11 is 0. The minimum Gasteiger partial charge on any atom is -0.490 e. The second-order valence-electron chi connectivity index (χ2n) is 5.37. The molecule has 1 aliphatic heterocycles. The van der Waals surface area contributed by atoms with E-state index in [9.17, 15) is 4.79 Å².